The number of ketones is 1. The molecule has 142 valence electrons. The lowest BCUT2D eigenvalue weighted by Crippen LogP contribution is -2.31. The number of rotatable bonds is 5. The number of carbonyl (C=O) groups excluding carboxylic acids is 1. The average molecular weight is 401 g/mol. The zero-order valence-electron chi connectivity index (χ0n) is 15.9. The quantitative estimate of drug-likeness (QED) is 0.678. The molecule has 4 nitrogen and oxygen atoms in total. The first kappa shape index (κ1) is 18.7. The standard InChI is InChI=1S/C21H24N2O2S2/c1-4-17-22-19(26-12-15(24)13-8-6-5-7-9-13)18-14-10-21(2,3)25-11-16(14)27-20(18)23-17/h5-9,19H,4,10-12H2,1-3H3,(H,22,23)/t19-/m1/s1. The summed E-state index contributed by atoms with van der Waals surface area (Å²) in [4.78, 5) is 18.8. The van der Waals surface area contributed by atoms with Crippen molar-refractivity contribution in [2.24, 2.45) is 4.99 Å². The van der Waals surface area contributed by atoms with E-state index in [1.165, 1.54) is 21.0 Å². The number of ether oxygens (including phenoxy) is 1. The van der Waals surface area contributed by atoms with Gasteiger partial charge in [-0.25, -0.2) is 0 Å². The summed E-state index contributed by atoms with van der Waals surface area (Å²) in [6.07, 6.45) is 1.74. The number of fused-ring (bicyclic) bond motifs is 3. The second-order valence-electron chi connectivity index (χ2n) is 7.48. The van der Waals surface area contributed by atoms with Crippen molar-refractivity contribution < 1.29 is 9.53 Å². The second kappa shape index (κ2) is 7.41. The number of carbonyl (C=O) groups is 1. The third-order valence-corrected chi connectivity index (χ3v) is 7.13. The van der Waals surface area contributed by atoms with Gasteiger partial charge < -0.3 is 10.1 Å². The van der Waals surface area contributed by atoms with E-state index in [9.17, 15) is 4.79 Å². The number of amidine groups is 1. The molecule has 1 aromatic carbocycles. The minimum Gasteiger partial charge on any atom is -0.370 e. The lowest BCUT2D eigenvalue weighted by Gasteiger charge is -2.31. The molecule has 2 aliphatic rings. The topological polar surface area (TPSA) is 50.7 Å². The van der Waals surface area contributed by atoms with Crippen LogP contribution >= 0.6 is 23.1 Å². The van der Waals surface area contributed by atoms with Crippen LogP contribution < -0.4 is 5.32 Å². The molecule has 4 rings (SSSR count). The molecular weight excluding hydrogens is 376 g/mol. The number of hydrogen-bond donors (Lipinski definition) is 1. The predicted octanol–water partition coefficient (Wildman–Crippen LogP) is 5.45. The third kappa shape index (κ3) is 3.84. The Kier molecular flexibility index (Phi) is 5.14. The fourth-order valence-corrected chi connectivity index (χ4v) is 5.82. The summed E-state index contributed by atoms with van der Waals surface area (Å²) in [5.74, 6) is 1.58. The van der Waals surface area contributed by atoms with E-state index in [0.29, 0.717) is 12.4 Å². The highest BCUT2D eigenvalue weighted by Crippen LogP contribution is 2.49. The van der Waals surface area contributed by atoms with Gasteiger partial charge in [-0.2, -0.15) is 0 Å². The van der Waals surface area contributed by atoms with Crippen LogP contribution in [0.25, 0.3) is 0 Å². The predicted molar refractivity (Wildman–Crippen MR) is 114 cm³/mol. The highest BCUT2D eigenvalue weighted by Gasteiger charge is 2.35. The molecule has 0 spiro atoms. The van der Waals surface area contributed by atoms with E-state index in [2.05, 4.69) is 26.1 Å². The zero-order valence-corrected chi connectivity index (χ0v) is 17.5. The molecule has 1 atom stereocenters. The van der Waals surface area contributed by atoms with Crippen LogP contribution in [-0.2, 0) is 17.8 Å². The van der Waals surface area contributed by atoms with Gasteiger partial charge in [-0.3, -0.25) is 9.79 Å². The van der Waals surface area contributed by atoms with Crippen LogP contribution in [0.15, 0.2) is 35.3 Å². The lowest BCUT2D eigenvalue weighted by atomic mass is 9.93. The molecule has 27 heavy (non-hydrogen) atoms. The van der Waals surface area contributed by atoms with Crippen molar-refractivity contribution in [3.05, 3.63) is 51.9 Å². The number of nitrogens with zero attached hydrogens (tertiary/aromatic N) is 1. The van der Waals surface area contributed by atoms with Crippen molar-refractivity contribution in [1.82, 2.24) is 0 Å². The van der Waals surface area contributed by atoms with Gasteiger partial charge in [0.25, 0.3) is 0 Å². The van der Waals surface area contributed by atoms with Gasteiger partial charge in [-0.05, 0) is 19.4 Å². The molecule has 0 aliphatic carbocycles. The highest BCUT2D eigenvalue weighted by molar-refractivity contribution is 8.00. The number of benzene rings is 1. The Bertz CT molecular complexity index is 887. The number of thiophene rings is 1. The van der Waals surface area contributed by atoms with Gasteiger partial charge in [0.2, 0.25) is 0 Å². The van der Waals surface area contributed by atoms with E-state index in [1.807, 2.05) is 30.3 Å². The molecule has 3 heterocycles. The Hall–Kier alpha value is -1.63. The van der Waals surface area contributed by atoms with E-state index in [4.69, 9.17) is 9.73 Å². The van der Waals surface area contributed by atoms with Gasteiger partial charge >= 0.3 is 0 Å². The van der Waals surface area contributed by atoms with Crippen LogP contribution in [0, 0.1) is 0 Å². The van der Waals surface area contributed by atoms with Crippen molar-refractivity contribution in [3.63, 3.8) is 0 Å². The van der Waals surface area contributed by atoms with Crippen LogP contribution in [-0.4, -0.2) is 23.0 Å². The molecule has 2 aliphatic heterocycles. The summed E-state index contributed by atoms with van der Waals surface area (Å²) in [7, 11) is 0. The summed E-state index contributed by atoms with van der Waals surface area (Å²) in [6, 6.07) is 9.51. The van der Waals surface area contributed by atoms with Crippen LogP contribution in [0.2, 0.25) is 0 Å². The van der Waals surface area contributed by atoms with Crippen molar-refractivity contribution in [2.75, 3.05) is 11.1 Å². The fraction of sp³-hybridized carbons (Fsp3) is 0.429. The van der Waals surface area contributed by atoms with Crippen molar-refractivity contribution in [1.29, 1.82) is 0 Å². The Morgan fingerprint density at radius 2 is 2.15 bits per heavy atom. The minimum atomic E-state index is -0.161. The number of thioether (sulfide) groups is 1. The van der Waals surface area contributed by atoms with Crippen molar-refractivity contribution in [3.8, 4) is 0 Å². The molecule has 0 saturated heterocycles. The normalized spacial score (nSPS) is 20.3. The van der Waals surface area contributed by atoms with E-state index in [-0.39, 0.29) is 16.8 Å². The molecule has 1 aromatic heterocycles. The van der Waals surface area contributed by atoms with E-state index in [1.54, 1.807) is 23.1 Å². The maximum atomic E-state index is 12.6. The first-order valence-corrected chi connectivity index (χ1v) is 11.2. The number of anilines is 1. The van der Waals surface area contributed by atoms with Gasteiger partial charge in [0.1, 0.15) is 16.2 Å². The molecule has 0 fully saturated rings. The highest BCUT2D eigenvalue weighted by atomic mass is 32.2. The maximum Gasteiger partial charge on any atom is 0.172 e. The first-order valence-electron chi connectivity index (χ1n) is 9.29. The molecule has 0 unspecified atom stereocenters. The maximum absolute atomic E-state index is 12.6. The molecule has 0 radical (unpaired) electrons. The number of nitrogens with one attached hydrogen (secondary N) is 1. The molecule has 1 N–H and O–H groups in total. The van der Waals surface area contributed by atoms with Crippen LogP contribution in [0.1, 0.15) is 58.9 Å². The van der Waals surface area contributed by atoms with E-state index in [0.717, 1.165) is 24.2 Å². The summed E-state index contributed by atoms with van der Waals surface area (Å²) < 4.78 is 6.00. The first-order chi connectivity index (χ1) is 13.0. The Morgan fingerprint density at radius 1 is 1.37 bits per heavy atom. The molecule has 0 amide bonds. The Balaban J connectivity index is 1.60. The van der Waals surface area contributed by atoms with E-state index < -0.39 is 0 Å². The summed E-state index contributed by atoms with van der Waals surface area (Å²) in [6.45, 7) is 7.03. The van der Waals surface area contributed by atoms with Crippen molar-refractivity contribution >= 4 is 39.7 Å². The van der Waals surface area contributed by atoms with Crippen LogP contribution in [0.3, 0.4) is 0 Å². The van der Waals surface area contributed by atoms with Crippen LogP contribution in [0.4, 0.5) is 5.00 Å². The summed E-state index contributed by atoms with van der Waals surface area (Å²) >= 11 is 3.41. The van der Waals surface area contributed by atoms with Gasteiger partial charge in [-0.15, -0.1) is 23.1 Å². The minimum absolute atomic E-state index is 0.0298. The molecule has 6 heteroatoms. The zero-order chi connectivity index (χ0) is 19.0. The largest absolute Gasteiger partial charge is 0.370 e. The second-order valence-corrected chi connectivity index (χ2v) is 9.65. The SMILES string of the molecule is CCC1=N[C@H](SCC(=O)c2ccccc2)c2c(sc3c2CC(C)(C)OC3)N1. The summed E-state index contributed by atoms with van der Waals surface area (Å²) in [5.41, 5.74) is 3.23. The number of hydrogen-bond acceptors (Lipinski definition) is 6. The van der Waals surface area contributed by atoms with Crippen LogP contribution in [0.5, 0.6) is 0 Å². The number of aliphatic imine (C=N–C) groups is 1. The smallest absolute Gasteiger partial charge is 0.172 e. The van der Waals surface area contributed by atoms with Gasteiger partial charge in [0.15, 0.2) is 5.78 Å². The number of Topliss-reactive ketones (excluding diaryl/α,β-unsaturated/α-hetero) is 1. The summed E-state index contributed by atoms with van der Waals surface area (Å²) in [5, 5.41) is 4.64. The molecule has 0 bridgehead atoms. The van der Waals surface area contributed by atoms with Crippen molar-refractivity contribution in [2.45, 2.75) is 51.2 Å². The van der Waals surface area contributed by atoms with Gasteiger partial charge in [0.05, 0.1) is 18.0 Å². The third-order valence-electron chi connectivity index (χ3n) is 4.91. The lowest BCUT2D eigenvalue weighted by molar-refractivity contribution is -0.0384. The monoisotopic (exact) mass is 400 g/mol. The Morgan fingerprint density at radius 3 is 2.89 bits per heavy atom. The molecular formula is C21H24N2O2S2. The fourth-order valence-electron chi connectivity index (χ4n) is 3.46. The van der Waals surface area contributed by atoms with E-state index >= 15 is 0 Å². The Labute approximate surface area is 168 Å². The molecule has 0 saturated carbocycles. The van der Waals surface area contributed by atoms with Gasteiger partial charge in [0, 0.05) is 28.8 Å². The molecule has 2 aromatic rings. The average Bonchev–Trinajstić information content (AvgIpc) is 3.03. The van der Waals surface area contributed by atoms with Gasteiger partial charge in [-0.1, -0.05) is 37.3 Å².